The lowest BCUT2D eigenvalue weighted by Crippen LogP contribution is -2.40. The van der Waals surface area contributed by atoms with Crippen LogP contribution in [0, 0.1) is 0 Å². The zero-order chi connectivity index (χ0) is 22.0. The van der Waals surface area contributed by atoms with Crippen LogP contribution in [0.2, 0.25) is 0 Å². The third-order valence-corrected chi connectivity index (χ3v) is 8.19. The molecule has 2 amide bonds. The number of sulfonamides is 1. The summed E-state index contributed by atoms with van der Waals surface area (Å²) in [5, 5.41) is 3.41. The molecule has 31 heavy (non-hydrogen) atoms. The molecule has 3 heterocycles. The van der Waals surface area contributed by atoms with Crippen molar-refractivity contribution >= 4 is 45.0 Å². The number of carbonyl (C=O) groups excluding carboxylic acids is 2. The third kappa shape index (κ3) is 4.60. The van der Waals surface area contributed by atoms with Crippen LogP contribution in [-0.4, -0.2) is 54.4 Å². The number of nitrogens with one attached hydrogen (secondary N) is 1. The van der Waals surface area contributed by atoms with Crippen LogP contribution in [0.5, 0.6) is 0 Å². The first kappa shape index (κ1) is 21.8. The number of aromatic nitrogens is 1. The Balaban J connectivity index is 1.46. The van der Waals surface area contributed by atoms with Crippen LogP contribution < -0.4 is 10.2 Å². The quantitative estimate of drug-likeness (QED) is 0.689. The van der Waals surface area contributed by atoms with Gasteiger partial charge in [-0.3, -0.25) is 9.59 Å². The molecule has 1 saturated heterocycles. The smallest absolute Gasteiger partial charge is 0.244 e. The largest absolute Gasteiger partial charge is 0.324 e. The summed E-state index contributed by atoms with van der Waals surface area (Å²) in [5.74, 6) is -0.144. The number of amides is 2. The molecule has 0 saturated carbocycles. The Kier molecular flexibility index (Phi) is 6.31. The van der Waals surface area contributed by atoms with Gasteiger partial charge in [0.05, 0.1) is 22.2 Å². The summed E-state index contributed by atoms with van der Waals surface area (Å²) < 4.78 is 26.7. The average Bonchev–Trinajstić information content (AvgIpc) is 3.26. The van der Waals surface area contributed by atoms with E-state index in [0.29, 0.717) is 29.5 Å². The molecular weight excluding hydrogens is 436 g/mol. The van der Waals surface area contributed by atoms with Crippen LogP contribution in [0.4, 0.5) is 11.4 Å². The van der Waals surface area contributed by atoms with Gasteiger partial charge >= 0.3 is 0 Å². The van der Waals surface area contributed by atoms with Gasteiger partial charge in [-0.2, -0.15) is 4.31 Å². The van der Waals surface area contributed by atoms with Gasteiger partial charge in [-0.1, -0.05) is 23.9 Å². The monoisotopic (exact) mass is 460 g/mol. The molecule has 2 aromatic rings. The topological polar surface area (TPSA) is 99.7 Å². The average molecular weight is 461 g/mol. The molecule has 0 spiro atoms. The number of hydrogen-bond acceptors (Lipinski definition) is 6. The van der Waals surface area contributed by atoms with Crippen LogP contribution in [0.3, 0.4) is 0 Å². The van der Waals surface area contributed by atoms with Crippen LogP contribution in [-0.2, 0) is 19.6 Å². The highest BCUT2D eigenvalue weighted by atomic mass is 32.2. The van der Waals surface area contributed by atoms with Crippen LogP contribution >= 0.6 is 11.8 Å². The van der Waals surface area contributed by atoms with Gasteiger partial charge in [0.1, 0.15) is 4.90 Å². The maximum absolute atomic E-state index is 13.0. The van der Waals surface area contributed by atoms with E-state index in [1.165, 1.54) is 22.3 Å². The van der Waals surface area contributed by atoms with Crippen molar-refractivity contribution in [1.82, 2.24) is 9.29 Å². The fourth-order valence-electron chi connectivity index (χ4n) is 3.86. The Morgan fingerprint density at radius 1 is 1.19 bits per heavy atom. The molecule has 1 fully saturated rings. The summed E-state index contributed by atoms with van der Waals surface area (Å²) in [7, 11) is -3.51. The van der Waals surface area contributed by atoms with Crippen molar-refractivity contribution in [3.8, 4) is 0 Å². The van der Waals surface area contributed by atoms with Gasteiger partial charge in [0, 0.05) is 31.7 Å². The number of para-hydroxylation sites is 2. The molecule has 1 aromatic heterocycles. The third-order valence-electron chi connectivity index (χ3n) is 5.38. The normalized spacial score (nSPS) is 19.6. The Labute approximate surface area is 186 Å². The van der Waals surface area contributed by atoms with E-state index >= 15 is 0 Å². The van der Waals surface area contributed by atoms with E-state index in [4.69, 9.17) is 0 Å². The maximum atomic E-state index is 13.0. The van der Waals surface area contributed by atoms with Crippen molar-refractivity contribution in [2.75, 3.05) is 29.1 Å². The van der Waals surface area contributed by atoms with Crippen molar-refractivity contribution in [3.63, 3.8) is 0 Å². The lowest BCUT2D eigenvalue weighted by molar-refractivity contribution is -0.117. The van der Waals surface area contributed by atoms with Crippen LogP contribution in [0.1, 0.15) is 26.2 Å². The highest BCUT2D eigenvalue weighted by Crippen LogP contribution is 2.32. The Hall–Kier alpha value is -2.43. The van der Waals surface area contributed by atoms with Gasteiger partial charge in [-0.05, 0) is 44.0 Å². The maximum Gasteiger partial charge on any atom is 0.244 e. The minimum Gasteiger partial charge on any atom is -0.324 e. The molecule has 2 aliphatic heterocycles. The fourth-order valence-corrected chi connectivity index (χ4v) is 6.02. The minimum absolute atomic E-state index is 0.123. The molecule has 2 aliphatic rings. The molecule has 1 aromatic carbocycles. The fraction of sp³-hybridized carbons (Fsp3) is 0.381. The van der Waals surface area contributed by atoms with E-state index in [0.717, 1.165) is 12.8 Å². The molecule has 1 N–H and O–H groups in total. The van der Waals surface area contributed by atoms with Gasteiger partial charge in [-0.15, -0.1) is 0 Å². The number of thioether (sulfide) groups is 1. The highest BCUT2D eigenvalue weighted by Gasteiger charge is 2.30. The van der Waals surface area contributed by atoms with E-state index in [1.54, 1.807) is 23.1 Å². The number of benzene rings is 1. The molecule has 4 rings (SSSR count). The second-order valence-corrected chi connectivity index (χ2v) is 10.5. The lowest BCUT2D eigenvalue weighted by atomic mass is 10.2. The van der Waals surface area contributed by atoms with E-state index < -0.39 is 10.0 Å². The molecule has 0 radical (unpaired) electrons. The first-order chi connectivity index (χ1) is 14.9. The van der Waals surface area contributed by atoms with Crippen molar-refractivity contribution in [2.45, 2.75) is 42.1 Å². The summed E-state index contributed by atoms with van der Waals surface area (Å²) in [6.45, 7) is 2.93. The summed E-state index contributed by atoms with van der Waals surface area (Å²) in [4.78, 5) is 31.2. The second-order valence-electron chi connectivity index (χ2n) is 7.61. The second kappa shape index (κ2) is 8.97. The first-order valence-electron chi connectivity index (χ1n) is 10.2. The number of rotatable bonds is 5. The van der Waals surface area contributed by atoms with Gasteiger partial charge in [0.15, 0.2) is 0 Å². The molecule has 164 valence electrons. The number of nitrogens with zero attached hydrogens (tertiary/aromatic N) is 3. The van der Waals surface area contributed by atoms with Crippen LogP contribution in [0.25, 0.3) is 0 Å². The number of anilines is 2. The van der Waals surface area contributed by atoms with E-state index in [9.17, 15) is 18.0 Å². The van der Waals surface area contributed by atoms with Gasteiger partial charge < -0.3 is 10.2 Å². The van der Waals surface area contributed by atoms with Gasteiger partial charge in [0.2, 0.25) is 21.8 Å². The SMILES string of the molecule is CC1CC(=O)Nc2ccccc2N1C(=O)CSc1ccc(S(=O)(=O)N2CCCC2)cn1. The van der Waals surface area contributed by atoms with Crippen molar-refractivity contribution in [1.29, 1.82) is 0 Å². The molecule has 0 bridgehead atoms. The summed E-state index contributed by atoms with van der Waals surface area (Å²) in [6.07, 6.45) is 3.32. The molecule has 10 heteroatoms. The summed E-state index contributed by atoms with van der Waals surface area (Å²) in [5.41, 5.74) is 1.29. The zero-order valence-electron chi connectivity index (χ0n) is 17.2. The number of fused-ring (bicyclic) bond motifs is 1. The van der Waals surface area contributed by atoms with Gasteiger partial charge in [-0.25, -0.2) is 13.4 Å². The van der Waals surface area contributed by atoms with E-state index in [2.05, 4.69) is 10.3 Å². The van der Waals surface area contributed by atoms with Crippen LogP contribution in [0.15, 0.2) is 52.5 Å². The van der Waals surface area contributed by atoms with Gasteiger partial charge in [0.25, 0.3) is 0 Å². The first-order valence-corrected chi connectivity index (χ1v) is 12.6. The standard InChI is InChI=1S/C21H24N4O4S2/c1-15-12-19(26)23-17-6-2-3-7-18(17)25(15)21(27)14-30-20-9-8-16(13-22-20)31(28,29)24-10-4-5-11-24/h2-3,6-9,13,15H,4-5,10-12,14H2,1H3,(H,23,26). The van der Waals surface area contributed by atoms with E-state index in [1.807, 2.05) is 25.1 Å². The summed E-state index contributed by atoms with van der Waals surface area (Å²) in [6, 6.07) is 10.1. The summed E-state index contributed by atoms with van der Waals surface area (Å²) >= 11 is 1.24. The number of pyridine rings is 1. The highest BCUT2D eigenvalue weighted by molar-refractivity contribution is 7.99. The molecular formula is C21H24N4O4S2. The minimum atomic E-state index is -3.51. The Bertz CT molecular complexity index is 1080. The van der Waals surface area contributed by atoms with Crippen molar-refractivity contribution < 1.29 is 18.0 Å². The van der Waals surface area contributed by atoms with E-state index in [-0.39, 0.29) is 34.9 Å². The Morgan fingerprint density at radius 3 is 2.65 bits per heavy atom. The van der Waals surface area contributed by atoms with Crippen molar-refractivity contribution in [2.24, 2.45) is 0 Å². The lowest BCUT2D eigenvalue weighted by Gasteiger charge is -2.27. The number of hydrogen-bond donors (Lipinski definition) is 1. The Morgan fingerprint density at radius 2 is 1.94 bits per heavy atom. The molecule has 1 unspecified atom stereocenters. The number of carbonyl (C=O) groups is 2. The molecule has 0 aliphatic carbocycles. The predicted octanol–water partition coefficient (Wildman–Crippen LogP) is 2.72. The predicted molar refractivity (Wildman–Crippen MR) is 120 cm³/mol. The zero-order valence-corrected chi connectivity index (χ0v) is 18.8. The molecule has 1 atom stereocenters. The van der Waals surface area contributed by atoms with Crippen molar-refractivity contribution in [3.05, 3.63) is 42.6 Å². The molecule has 8 nitrogen and oxygen atoms in total.